The molecule has 0 spiro atoms. The molecular formula is C7H17NO3. The summed E-state index contributed by atoms with van der Waals surface area (Å²) >= 11 is 0. The minimum atomic E-state index is -0.312. The fourth-order valence-electron chi connectivity index (χ4n) is 0.622. The maximum absolute atomic E-state index is 8.81. The maximum atomic E-state index is 8.81. The molecule has 0 heterocycles. The van der Waals surface area contributed by atoms with E-state index in [2.05, 4.69) is 5.32 Å². The molecule has 0 aromatic carbocycles. The summed E-state index contributed by atoms with van der Waals surface area (Å²) in [6, 6.07) is 0. The van der Waals surface area contributed by atoms with E-state index in [9.17, 15) is 0 Å². The lowest BCUT2D eigenvalue weighted by molar-refractivity contribution is 0.0917. The first-order valence-electron chi connectivity index (χ1n) is 3.84. The number of ether oxygens (including phenoxy) is 1. The van der Waals surface area contributed by atoms with Gasteiger partial charge in [-0.05, 0) is 6.92 Å². The van der Waals surface area contributed by atoms with Crippen LogP contribution in [0.3, 0.4) is 0 Å². The zero-order chi connectivity index (χ0) is 8.53. The number of hydrogen-bond donors (Lipinski definition) is 3. The van der Waals surface area contributed by atoms with Gasteiger partial charge in [0, 0.05) is 13.1 Å². The lowest BCUT2D eigenvalue weighted by atomic mass is 10.4. The Balaban J connectivity index is 2.80. The number of nitrogens with one attached hydrogen (secondary N) is 1. The third kappa shape index (κ3) is 9.84. The minimum Gasteiger partial charge on any atom is -0.394 e. The van der Waals surface area contributed by atoms with E-state index >= 15 is 0 Å². The molecule has 0 bridgehead atoms. The second-order valence-electron chi connectivity index (χ2n) is 2.39. The molecule has 0 amide bonds. The van der Waals surface area contributed by atoms with E-state index in [1.165, 1.54) is 0 Å². The molecule has 0 aromatic heterocycles. The Bertz CT molecular complexity index is 78.1. The van der Waals surface area contributed by atoms with E-state index in [1.807, 2.05) is 0 Å². The van der Waals surface area contributed by atoms with Gasteiger partial charge >= 0.3 is 0 Å². The van der Waals surface area contributed by atoms with Crippen LogP contribution in [0.2, 0.25) is 0 Å². The Hall–Kier alpha value is -0.160. The normalized spacial score (nSPS) is 13.4. The third-order valence-electron chi connectivity index (χ3n) is 1.10. The van der Waals surface area contributed by atoms with Gasteiger partial charge in [-0.15, -0.1) is 0 Å². The Morgan fingerprint density at radius 1 is 1.45 bits per heavy atom. The van der Waals surface area contributed by atoms with Gasteiger partial charge in [0.05, 0.1) is 25.9 Å². The predicted octanol–water partition coefficient (Wildman–Crippen LogP) is -1.03. The first-order valence-corrected chi connectivity index (χ1v) is 3.84. The molecule has 68 valence electrons. The average Bonchev–Trinajstić information content (AvgIpc) is 1.96. The highest BCUT2D eigenvalue weighted by atomic mass is 16.5. The summed E-state index contributed by atoms with van der Waals surface area (Å²) in [7, 11) is 0. The zero-order valence-electron chi connectivity index (χ0n) is 6.92. The van der Waals surface area contributed by atoms with Crippen molar-refractivity contribution in [1.29, 1.82) is 0 Å². The quantitative estimate of drug-likeness (QED) is 0.420. The van der Waals surface area contributed by atoms with Crippen molar-refractivity contribution in [3.63, 3.8) is 0 Å². The second-order valence-corrected chi connectivity index (χ2v) is 2.39. The number of aliphatic hydroxyl groups is 2. The molecule has 11 heavy (non-hydrogen) atoms. The van der Waals surface area contributed by atoms with Crippen molar-refractivity contribution in [2.75, 3.05) is 32.9 Å². The van der Waals surface area contributed by atoms with Crippen LogP contribution in [0.25, 0.3) is 0 Å². The molecule has 3 N–H and O–H groups in total. The highest BCUT2D eigenvalue weighted by molar-refractivity contribution is 4.51. The van der Waals surface area contributed by atoms with Crippen molar-refractivity contribution in [1.82, 2.24) is 5.32 Å². The van der Waals surface area contributed by atoms with E-state index in [1.54, 1.807) is 6.92 Å². The van der Waals surface area contributed by atoms with Crippen molar-refractivity contribution >= 4 is 0 Å². The molecule has 0 aliphatic carbocycles. The van der Waals surface area contributed by atoms with E-state index < -0.39 is 0 Å². The lowest BCUT2D eigenvalue weighted by Gasteiger charge is -2.06. The molecule has 0 rings (SSSR count). The highest BCUT2D eigenvalue weighted by Gasteiger charge is 1.92. The second kappa shape index (κ2) is 7.94. The molecule has 0 radical (unpaired) electrons. The van der Waals surface area contributed by atoms with Crippen molar-refractivity contribution in [2.45, 2.75) is 13.0 Å². The van der Waals surface area contributed by atoms with E-state index in [-0.39, 0.29) is 12.7 Å². The molecule has 0 saturated carbocycles. The monoisotopic (exact) mass is 163 g/mol. The Morgan fingerprint density at radius 2 is 2.18 bits per heavy atom. The van der Waals surface area contributed by atoms with Gasteiger partial charge in [-0.25, -0.2) is 0 Å². The van der Waals surface area contributed by atoms with Crippen LogP contribution >= 0.6 is 0 Å². The molecule has 0 fully saturated rings. The van der Waals surface area contributed by atoms with Gasteiger partial charge in [0.1, 0.15) is 0 Å². The average molecular weight is 163 g/mol. The standard InChI is InChI=1S/C7H17NO3/c1-7(10)6-8-2-4-11-5-3-9/h7-10H,2-6H2,1H3/t7-/m0/s1. The molecule has 0 saturated heterocycles. The summed E-state index contributed by atoms with van der Waals surface area (Å²) in [5.74, 6) is 0. The van der Waals surface area contributed by atoms with E-state index in [4.69, 9.17) is 14.9 Å². The fourth-order valence-corrected chi connectivity index (χ4v) is 0.622. The van der Waals surface area contributed by atoms with Crippen molar-refractivity contribution in [2.24, 2.45) is 0 Å². The molecular weight excluding hydrogens is 146 g/mol. The fraction of sp³-hybridized carbons (Fsp3) is 1.00. The Labute approximate surface area is 67.2 Å². The van der Waals surface area contributed by atoms with Crippen LogP contribution in [0, 0.1) is 0 Å². The zero-order valence-corrected chi connectivity index (χ0v) is 6.92. The number of hydrogen-bond acceptors (Lipinski definition) is 4. The van der Waals surface area contributed by atoms with Gasteiger partial charge in [-0.1, -0.05) is 0 Å². The van der Waals surface area contributed by atoms with Gasteiger partial charge < -0.3 is 20.3 Å². The molecule has 1 atom stereocenters. The topological polar surface area (TPSA) is 61.7 Å². The van der Waals surface area contributed by atoms with Gasteiger partial charge in [-0.2, -0.15) is 0 Å². The lowest BCUT2D eigenvalue weighted by Crippen LogP contribution is -2.27. The molecule has 4 heteroatoms. The van der Waals surface area contributed by atoms with Crippen LogP contribution < -0.4 is 5.32 Å². The van der Waals surface area contributed by atoms with Crippen LogP contribution in [-0.4, -0.2) is 49.2 Å². The van der Waals surface area contributed by atoms with Crippen molar-refractivity contribution in [3.05, 3.63) is 0 Å². The minimum absolute atomic E-state index is 0.0659. The smallest absolute Gasteiger partial charge is 0.0698 e. The van der Waals surface area contributed by atoms with Gasteiger partial charge in [-0.3, -0.25) is 0 Å². The van der Waals surface area contributed by atoms with Crippen LogP contribution in [-0.2, 0) is 4.74 Å². The molecule has 0 aromatic rings. The summed E-state index contributed by atoms with van der Waals surface area (Å²) in [5, 5.41) is 20.1. The Morgan fingerprint density at radius 3 is 2.73 bits per heavy atom. The summed E-state index contributed by atoms with van der Waals surface area (Å²) in [4.78, 5) is 0. The Kier molecular flexibility index (Phi) is 7.83. The van der Waals surface area contributed by atoms with Crippen LogP contribution in [0.1, 0.15) is 6.92 Å². The highest BCUT2D eigenvalue weighted by Crippen LogP contribution is 1.75. The van der Waals surface area contributed by atoms with Gasteiger partial charge in [0.25, 0.3) is 0 Å². The SMILES string of the molecule is C[C@H](O)CNCCOCCO. The summed E-state index contributed by atoms with van der Waals surface area (Å²) < 4.78 is 4.97. The molecule has 0 aliphatic rings. The first-order chi connectivity index (χ1) is 5.27. The summed E-state index contributed by atoms with van der Waals surface area (Å²) in [6.45, 7) is 4.05. The molecule has 4 nitrogen and oxygen atoms in total. The van der Waals surface area contributed by atoms with Crippen LogP contribution in [0.4, 0.5) is 0 Å². The van der Waals surface area contributed by atoms with E-state index in [0.29, 0.717) is 26.3 Å². The first kappa shape index (κ1) is 10.8. The molecule has 0 aliphatic heterocycles. The maximum Gasteiger partial charge on any atom is 0.0698 e. The van der Waals surface area contributed by atoms with Crippen LogP contribution in [0.5, 0.6) is 0 Å². The summed E-state index contributed by atoms with van der Waals surface area (Å²) in [6.07, 6.45) is -0.312. The summed E-state index contributed by atoms with van der Waals surface area (Å²) in [5.41, 5.74) is 0. The van der Waals surface area contributed by atoms with Crippen molar-refractivity contribution < 1.29 is 14.9 Å². The van der Waals surface area contributed by atoms with Gasteiger partial charge in [0.15, 0.2) is 0 Å². The molecule has 0 unspecified atom stereocenters. The number of rotatable bonds is 7. The van der Waals surface area contributed by atoms with Gasteiger partial charge in [0.2, 0.25) is 0 Å². The van der Waals surface area contributed by atoms with E-state index in [0.717, 1.165) is 0 Å². The van der Waals surface area contributed by atoms with Crippen molar-refractivity contribution in [3.8, 4) is 0 Å². The predicted molar refractivity (Wildman–Crippen MR) is 42.5 cm³/mol. The third-order valence-corrected chi connectivity index (χ3v) is 1.10. The largest absolute Gasteiger partial charge is 0.394 e. The number of aliphatic hydroxyl groups excluding tert-OH is 2. The van der Waals surface area contributed by atoms with Crippen LogP contribution in [0.15, 0.2) is 0 Å².